The van der Waals surface area contributed by atoms with Crippen LogP contribution in [0.2, 0.25) is 0 Å². The Hall–Kier alpha value is -2.52. The van der Waals surface area contributed by atoms with Crippen LogP contribution in [0.25, 0.3) is 0 Å². The summed E-state index contributed by atoms with van der Waals surface area (Å²) in [6.07, 6.45) is 32.3. The van der Waals surface area contributed by atoms with Gasteiger partial charge in [-0.15, -0.1) is 0 Å². The van der Waals surface area contributed by atoms with E-state index in [1.54, 1.807) is 42.5 Å². The lowest BCUT2D eigenvalue weighted by molar-refractivity contribution is -0.152. The molecule has 0 aromatic carbocycles. The van der Waals surface area contributed by atoms with Gasteiger partial charge in [0.2, 0.25) is 0 Å². The average Bonchev–Trinajstić information content (AvgIpc) is 3.07. The highest BCUT2D eigenvalue weighted by molar-refractivity contribution is 5.69. The van der Waals surface area contributed by atoms with E-state index in [0.717, 1.165) is 31.6 Å². The number of aliphatic hydroxyl groups is 4. The van der Waals surface area contributed by atoms with Crippen molar-refractivity contribution in [3.05, 3.63) is 60.8 Å². The predicted octanol–water partition coefficient (Wildman–Crippen LogP) is 8.39. The molecule has 0 aromatic rings. The van der Waals surface area contributed by atoms with E-state index in [0.29, 0.717) is 19.3 Å². The zero-order chi connectivity index (χ0) is 36.4. The first-order valence-corrected chi connectivity index (χ1v) is 19.0. The Morgan fingerprint density at radius 2 is 1.04 bits per heavy atom. The fourth-order valence-corrected chi connectivity index (χ4v) is 5.02. The quantitative estimate of drug-likeness (QED) is 0.0239. The Balaban J connectivity index is 3.80. The fraction of sp³-hybridized carbons (Fsp3) is 0.707. The zero-order valence-corrected chi connectivity index (χ0v) is 30.9. The SMILES string of the molecule is CC/C=C\C[C@@H](O)/C=C/C=C/C=C\C=C/[C@H](O)[C@@H](O)CCCC(=O)OC[C@@H](O)COC(=O)CCCCCCCCCCCCCCC(C)C. The summed E-state index contributed by atoms with van der Waals surface area (Å²) >= 11 is 0. The first-order valence-electron chi connectivity index (χ1n) is 19.0. The Morgan fingerprint density at radius 1 is 0.571 bits per heavy atom. The van der Waals surface area contributed by atoms with Crippen LogP contribution in [-0.2, 0) is 19.1 Å². The number of rotatable bonds is 32. The van der Waals surface area contributed by atoms with E-state index < -0.39 is 30.4 Å². The average molecular weight is 691 g/mol. The first kappa shape index (κ1) is 46.5. The van der Waals surface area contributed by atoms with Crippen molar-refractivity contribution in [2.45, 2.75) is 167 Å². The molecule has 0 aliphatic heterocycles. The van der Waals surface area contributed by atoms with Crippen LogP contribution in [0, 0.1) is 5.92 Å². The molecule has 0 bridgehead atoms. The lowest BCUT2D eigenvalue weighted by Gasteiger charge is -2.14. The van der Waals surface area contributed by atoms with E-state index in [1.807, 2.05) is 19.1 Å². The molecule has 8 heteroatoms. The Morgan fingerprint density at radius 3 is 1.57 bits per heavy atom. The molecule has 49 heavy (non-hydrogen) atoms. The van der Waals surface area contributed by atoms with E-state index >= 15 is 0 Å². The van der Waals surface area contributed by atoms with E-state index in [-0.39, 0.29) is 32.0 Å². The minimum absolute atomic E-state index is 0.0281. The molecule has 0 aliphatic carbocycles. The summed E-state index contributed by atoms with van der Waals surface area (Å²) in [5.74, 6) is -0.0664. The molecular formula is C41H70O8. The lowest BCUT2D eigenvalue weighted by atomic mass is 10.0. The number of ether oxygens (including phenoxy) is 2. The maximum atomic E-state index is 12.0. The van der Waals surface area contributed by atoms with Crippen molar-refractivity contribution in [1.82, 2.24) is 0 Å². The molecule has 0 fully saturated rings. The predicted molar refractivity (Wildman–Crippen MR) is 200 cm³/mol. The minimum atomic E-state index is -1.09. The molecule has 0 spiro atoms. The van der Waals surface area contributed by atoms with Gasteiger partial charge in [-0.05, 0) is 38.0 Å². The molecule has 4 N–H and O–H groups in total. The van der Waals surface area contributed by atoms with Crippen molar-refractivity contribution in [2.24, 2.45) is 5.92 Å². The summed E-state index contributed by atoms with van der Waals surface area (Å²) in [6, 6.07) is 0. The van der Waals surface area contributed by atoms with Crippen LogP contribution in [0.5, 0.6) is 0 Å². The highest BCUT2D eigenvalue weighted by atomic mass is 16.6. The van der Waals surface area contributed by atoms with Gasteiger partial charge in [-0.2, -0.15) is 0 Å². The molecule has 0 aliphatic rings. The normalized spacial score (nSPS) is 14.9. The Labute approximate surface area is 298 Å². The number of carbonyl (C=O) groups is 2. The van der Waals surface area contributed by atoms with Gasteiger partial charge in [-0.25, -0.2) is 0 Å². The van der Waals surface area contributed by atoms with Gasteiger partial charge in [0.25, 0.3) is 0 Å². The van der Waals surface area contributed by atoms with Gasteiger partial charge in [0.05, 0.1) is 18.3 Å². The third-order valence-corrected chi connectivity index (χ3v) is 8.04. The summed E-state index contributed by atoms with van der Waals surface area (Å²) in [5, 5.41) is 40.0. The van der Waals surface area contributed by atoms with Gasteiger partial charge in [0.15, 0.2) is 0 Å². The topological polar surface area (TPSA) is 134 Å². The molecule has 0 saturated carbocycles. The number of carbonyl (C=O) groups excluding carboxylic acids is 2. The van der Waals surface area contributed by atoms with Gasteiger partial charge in [-0.1, -0.05) is 159 Å². The molecule has 282 valence electrons. The third-order valence-electron chi connectivity index (χ3n) is 8.04. The summed E-state index contributed by atoms with van der Waals surface area (Å²) < 4.78 is 10.2. The van der Waals surface area contributed by atoms with Crippen LogP contribution in [0.3, 0.4) is 0 Å². The monoisotopic (exact) mass is 691 g/mol. The van der Waals surface area contributed by atoms with Crippen LogP contribution >= 0.6 is 0 Å². The highest BCUT2D eigenvalue weighted by Crippen LogP contribution is 2.15. The molecular weight excluding hydrogens is 620 g/mol. The molecule has 0 radical (unpaired) electrons. The van der Waals surface area contributed by atoms with Crippen molar-refractivity contribution in [3.8, 4) is 0 Å². The number of hydrogen-bond donors (Lipinski definition) is 4. The second-order valence-electron chi connectivity index (χ2n) is 13.4. The van der Waals surface area contributed by atoms with Gasteiger partial charge < -0.3 is 29.9 Å². The van der Waals surface area contributed by atoms with Gasteiger partial charge in [-0.3, -0.25) is 9.59 Å². The summed E-state index contributed by atoms with van der Waals surface area (Å²) in [6.45, 7) is 6.13. The standard InChI is InChI=1S/C41H70O8/c1-4-5-20-27-36(42)28-22-17-14-15-18-23-29-38(44)39(45)30-25-32-41(47)49-34-37(43)33-48-40(46)31-24-19-13-11-9-7-6-8-10-12-16-21-26-35(2)3/h5,14-15,17-18,20,22-23,28-29,35-39,42-45H,4,6-13,16,19,21,24-27,30-34H2,1-3H3/b17-14+,18-15-,20-5-,28-22+,29-23-/t36-,37+,38+,39+/m1/s1. The van der Waals surface area contributed by atoms with Gasteiger partial charge in [0, 0.05) is 12.8 Å². The fourth-order valence-electron chi connectivity index (χ4n) is 5.02. The number of aliphatic hydroxyl groups excluding tert-OH is 4. The number of hydrogen-bond acceptors (Lipinski definition) is 8. The van der Waals surface area contributed by atoms with E-state index in [9.17, 15) is 30.0 Å². The van der Waals surface area contributed by atoms with Gasteiger partial charge >= 0.3 is 11.9 Å². The first-order chi connectivity index (χ1) is 23.6. The van der Waals surface area contributed by atoms with Crippen molar-refractivity contribution < 1.29 is 39.5 Å². The summed E-state index contributed by atoms with van der Waals surface area (Å²) in [5.41, 5.74) is 0. The largest absolute Gasteiger partial charge is 0.463 e. The third kappa shape index (κ3) is 33.7. The van der Waals surface area contributed by atoms with Crippen molar-refractivity contribution in [2.75, 3.05) is 13.2 Å². The van der Waals surface area contributed by atoms with Crippen LogP contribution < -0.4 is 0 Å². The molecule has 0 heterocycles. The Bertz CT molecular complexity index is 936. The molecule has 0 saturated heterocycles. The van der Waals surface area contributed by atoms with Crippen molar-refractivity contribution in [3.63, 3.8) is 0 Å². The molecule has 0 unspecified atom stereocenters. The van der Waals surface area contributed by atoms with E-state index in [2.05, 4.69) is 13.8 Å². The lowest BCUT2D eigenvalue weighted by Crippen LogP contribution is -2.26. The van der Waals surface area contributed by atoms with Gasteiger partial charge in [0.1, 0.15) is 19.3 Å². The van der Waals surface area contributed by atoms with Crippen LogP contribution in [0.1, 0.15) is 143 Å². The number of unbranched alkanes of at least 4 members (excludes halogenated alkanes) is 11. The second kappa shape index (κ2) is 34.0. The van der Waals surface area contributed by atoms with E-state index in [4.69, 9.17) is 9.47 Å². The summed E-state index contributed by atoms with van der Waals surface area (Å²) in [7, 11) is 0. The van der Waals surface area contributed by atoms with Crippen LogP contribution in [0.15, 0.2) is 60.8 Å². The zero-order valence-electron chi connectivity index (χ0n) is 30.9. The Kier molecular flexibility index (Phi) is 32.2. The maximum absolute atomic E-state index is 12.0. The molecule has 4 atom stereocenters. The molecule has 8 nitrogen and oxygen atoms in total. The van der Waals surface area contributed by atoms with Crippen LogP contribution in [0.4, 0.5) is 0 Å². The van der Waals surface area contributed by atoms with E-state index in [1.165, 1.54) is 70.3 Å². The minimum Gasteiger partial charge on any atom is -0.463 e. The number of allylic oxidation sites excluding steroid dienone is 7. The molecule has 0 aromatic heterocycles. The van der Waals surface area contributed by atoms with Crippen molar-refractivity contribution >= 4 is 11.9 Å². The van der Waals surface area contributed by atoms with Crippen LogP contribution in [-0.4, -0.2) is 70.0 Å². The molecule has 0 rings (SSSR count). The summed E-state index contributed by atoms with van der Waals surface area (Å²) in [4.78, 5) is 23.9. The van der Waals surface area contributed by atoms with Crippen molar-refractivity contribution in [1.29, 1.82) is 0 Å². The molecule has 0 amide bonds. The number of esters is 2. The maximum Gasteiger partial charge on any atom is 0.305 e. The highest BCUT2D eigenvalue weighted by Gasteiger charge is 2.15. The second-order valence-corrected chi connectivity index (χ2v) is 13.4. The smallest absolute Gasteiger partial charge is 0.305 e.